The van der Waals surface area contributed by atoms with Crippen LogP contribution in [0.4, 0.5) is 14.6 Å². The van der Waals surface area contributed by atoms with Crippen LogP contribution in [0.25, 0.3) is 17.2 Å². The van der Waals surface area contributed by atoms with Gasteiger partial charge in [0.2, 0.25) is 0 Å². The molecule has 0 radical (unpaired) electrons. The third kappa shape index (κ3) is 3.47. The minimum Gasteiger partial charge on any atom is -0.394 e. The third-order valence-corrected chi connectivity index (χ3v) is 4.50. The highest BCUT2D eigenvalue weighted by Gasteiger charge is 2.26. The first-order chi connectivity index (χ1) is 13.0. The molecule has 1 fully saturated rings. The normalized spacial score (nSPS) is 20.6. The topological polar surface area (TPSA) is 75.8 Å². The summed E-state index contributed by atoms with van der Waals surface area (Å²) in [7, 11) is 0. The summed E-state index contributed by atoms with van der Waals surface area (Å²) in [5.74, 6) is 1.08. The van der Waals surface area contributed by atoms with Crippen LogP contribution >= 0.6 is 0 Å². The van der Waals surface area contributed by atoms with E-state index >= 15 is 0 Å². The van der Waals surface area contributed by atoms with Crippen molar-refractivity contribution in [2.75, 3.05) is 24.6 Å². The summed E-state index contributed by atoms with van der Waals surface area (Å²) in [6.45, 7) is 3.02. The van der Waals surface area contributed by atoms with Gasteiger partial charge in [-0.2, -0.15) is 0 Å². The number of hydrogen-bond acceptors (Lipinski definition) is 6. The lowest BCUT2D eigenvalue weighted by atomic mass is 10.2. The van der Waals surface area contributed by atoms with E-state index in [9.17, 15) is 13.9 Å². The largest absolute Gasteiger partial charge is 0.394 e. The van der Waals surface area contributed by atoms with E-state index in [2.05, 4.69) is 15.0 Å². The molecule has 0 bridgehead atoms. The van der Waals surface area contributed by atoms with Crippen molar-refractivity contribution in [1.82, 2.24) is 19.4 Å². The lowest BCUT2D eigenvalue weighted by Gasteiger charge is -2.36. The molecule has 4 rings (SSSR count). The molecule has 3 aromatic heterocycles. The molecule has 4 heterocycles. The highest BCUT2D eigenvalue weighted by molar-refractivity contribution is 5.59. The Bertz CT molecular complexity index is 948. The fraction of sp³-hybridized carbons (Fsp3) is 0.389. The molecule has 0 unspecified atom stereocenters. The maximum Gasteiger partial charge on any atom is 0.265 e. The number of nitrogens with zero attached hydrogens (tertiary/aromatic N) is 5. The molecule has 3 aromatic rings. The fourth-order valence-electron chi connectivity index (χ4n) is 3.27. The highest BCUT2D eigenvalue weighted by Crippen LogP contribution is 2.25. The summed E-state index contributed by atoms with van der Waals surface area (Å²) in [4.78, 5) is 15.2. The Kier molecular flexibility index (Phi) is 4.71. The van der Waals surface area contributed by atoms with Crippen LogP contribution in [0.3, 0.4) is 0 Å². The smallest absolute Gasteiger partial charge is 0.265 e. The molecule has 27 heavy (non-hydrogen) atoms. The van der Waals surface area contributed by atoms with Crippen molar-refractivity contribution in [3.05, 3.63) is 42.4 Å². The second-order valence-electron chi connectivity index (χ2n) is 6.53. The van der Waals surface area contributed by atoms with Crippen molar-refractivity contribution in [3.63, 3.8) is 0 Å². The Morgan fingerprint density at radius 2 is 2.11 bits per heavy atom. The molecule has 1 aliphatic rings. The van der Waals surface area contributed by atoms with E-state index in [1.807, 2.05) is 11.8 Å². The maximum absolute atomic E-state index is 13.0. The predicted octanol–water partition coefficient (Wildman–Crippen LogP) is 2.31. The summed E-state index contributed by atoms with van der Waals surface area (Å²) in [6, 6.07) is 4.69. The Labute approximate surface area is 154 Å². The van der Waals surface area contributed by atoms with Gasteiger partial charge >= 0.3 is 0 Å². The zero-order chi connectivity index (χ0) is 19.0. The lowest BCUT2D eigenvalue weighted by molar-refractivity contribution is -0.0423. The number of aliphatic hydroxyl groups is 1. The first kappa shape index (κ1) is 17.7. The Morgan fingerprint density at radius 1 is 1.26 bits per heavy atom. The molecule has 1 N–H and O–H groups in total. The number of aliphatic hydroxyl groups excluding tert-OH is 1. The van der Waals surface area contributed by atoms with Gasteiger partial charge in [-0.05, 0) is 25.1 Å². The molecule has 1 aliphatic heterocycles. The van der Waals surface area contributed by atoms with Gasteiger partial charge in [-0.3, -0.25) is 4.40 Å². The number of halogens is 2. The summed E-state index contributed by atoms with van der Waals surface area (Å²) < 4.78 is 33.3. The van der Waals surface area contributed by atoms with Crippen LogP contribution < -0.4 is 4.90 Å². The van der Waals surface area contributed by atoms with Gasteiger partial charge in [0, 0.05) is 31.0 Å². The number of pyridine rings is 1. The van der Waals surface area contributed by atoms with Gasteiger partial charge in [-0.1, -0.05) is 0 Å². The number of hydrogen-bond donors (Lipinski definition) is 1. The molecule has 142 valence electrons. The van der Waals surface area contributed by atoms with Crippen LogP contribution in [-0.2, 0) is 4.74 Å². The Hall–Kier alpha value is -2.65. The van der Waals surface area contributed by atoms with E-state index in [-0.39, 0.29) is 24.4 Å². The van der Waals surface area contributed by atoms with E-state index in [1.54, 1.807) is 28.9 Å². The standard InChI is InChI=1S/C18H19F2N5O2/c1-11-7-24(9-13(10-26)27-11)16-4-5-21-18(23-16)14-6-22-15-3-2-12(17(19)20)8-25(14)15/h2-6,8,11,13,17,26H,7,9-10H2,1H3/t11-,13-/m0/s1. The lowest BCUT2D eigenvalue weighted by Crippen LogP contribution is -2.48. The van der Waals surface area contributed by atoms with Gasteiger partial charge in [0.05, 0.1) is 25.0 Å². The van der Waals surface area contributed by atoms with Gasteiger partial charge in [-0.25, -0.2) is 23.7 Å². The molecule has 0 aromatic carbocycles. The average molecular weight is 375 g/mol. The minimum atomic E-state index is -2.57. The summed E-state index contributed by atoms with van der Waals surface area (Å²) >= 11 is 0. The van der Waals surface area contributed by atoms with Gasteiger partial charge in [0.15, 0.2) is 5.82 Å². The zero-order valence-corrected chi connectivity index (χ0v) is 14.7. The van der Waals surface area contributed by atoms with Gasteiger partial charge in [0.1, 0.15) is 17.2 Å². The SMILES string of the molecule is C[C@H]1CN(c2ccnc(-c3cnc4ccc(C(F)F)cn34)n2)C[C@@H](CO)O1. The first-order valence-corrected chi connectivity index (χ1v) is 8.65. The average Bonchev–Trinajstić information content (AvgIpc) is 3.10. The molecule has 0 aliphatic carbocycles. The van der Waals surface area contributed by atoms with E-state index < -0.39 is 6.43 Å². The van der Waals surface area contributed by atoms with E-state index in [1.165, 1.54) is 12.3 Å². The van der Waals surface area contributed by atoms with Gasteiger partial charge < -0.3 is 14.7 Å². The van der Waals surface area contributed by atoms with Crippen LogP contribution in [0.2, 0.25) is 0 Å². The quantitative estimate of drug-likeness (QED) is 0.754. The number of fused-ring (bicyclic) bond motifs is 1. The van der Waals surface area contributed by atoms with E-state index in [0.717, 1.165) is 0 Å². The van der Waals surface area contributed by atoms with Crippen molar-refractivity contribution >= 4 is 11.5 Å². The van der Waals surface area contributed by atoms with Crippen LogP contribution in [0.15, 0.2) is 36.8 Å². The monoisotopic (exact) mass is 375 g/mol. The zero-order valence-electron chi connectivity index (χ0n) is 14.7. The van der Waals surface area contributed by atoms with E-state index in [0.29, 0.717) is 36.1 Å². The Morgan fingerprint density at radius 3 is 2.89 bits per heavy atom. The third-order valence-electron chi connectivity index (χ3n) is 4.50. The maximum atomic E-state index is 13.0. The molecular weight excluding hydrogens is 356 g/mol. The van der Waals surface area contributed by atoms with E-state index in [4.69, 9.17) is 4.74 Å². The molecule has 9 heteroatoms. The number of morpholine rings is 1. The van der Waals surface area contributed by atoms with Gasteiger partial charge in [0.25, 0.3) is 6.43 Å². The summed E-state index contributed by atoms with van der Waals surface area (Å²) in [6.07, 6.45) is 1.67. The number of alkyl halides is 2. The molecule has 7 nitrogen and oxygen atoms in total. The molecular formula is C18H19F2N5O2. The van der Waals surface area contributed by atoms with Crippen LogP contribution in [0.5, 0.6) is 0 Å². The number of ether oxygens (including phenoxy) is 1. The molecule has 0 spiro atoms. The van der Waals surface area contributed by atoms with Crippen molar-refractivity contribution in [2.45, 2.75) is 25.6 Å². The first-order valence-electron chi connectivity index (χ1n) is 8.65. The van der Waals surface area contributed by atoms with Crippen molar-refractivity contribution < 1.29 is 18.6 Å². The van der Waals surface area contributed by atoms with Crippen LogP contribution in [-0.4, -0.2) is 56.4 Å². The number of imidazole rings is 1. The van der Waals surface area contributed by atoms with Crippen LogP contribution in [0, 0.1) is 0 Å². The summed E-state index contributed by atoms with van der Waals surface area (Å²) in [5.41, 5.74) is 0.990. The fourth-order valence-corrected chi connectivity index (χ4v) is 3.27. The minimum absolute atomic E-state index is 0.0429. The number of anilines is 1. The predicted molar refractivity (Wildman–Crippen MR) is 94.8 cm³/mol. The van der Waals surface area contributed by atoms with Crippen LogP contribution in [0.1, 0.15) is 18.9 Å². The number of aromatic nitrogens is 4. The van der Waals surface area contributed by atoms with Crippen molar-refractivity contribution in [2.24, 2.45) is 0 Å². The molecule has 0 amide bonds. The molecule has 2 atom stereocenters. The van der Waals surface area contributed by atoms with Crippen molar-refractivity contribution in [1.29, 1.82) is 0 Å². The highest BCUT2D eigenvalue weighted by atomic mass is 19.3. The Balaban J connectivity index is 1.70. The van der Waals surface area contributed by atoms with Crippen molar-refractivity contribution in [3.8, 4) is 11.5 Å². The van der Waals surface area contributed by atoms with Gasteiger partial charge in [-0.15, -0.1) is 0 Å². The summed E-state index contributed by atoms with van der Waals surface area (Å²) in [5, 5.41) is 9.41. The second-order valence-corrected chi connectivity index (χ2v) is 6.53. The number of rotatable bonds is 4. The molecule has 0 saturated carbocycles. The molecule has 1 saturated heterocycles. The second kappa shape index (κ2) is 7.16.